The van der Waals surface area contributed by atoms with Crippen molar-refractivity contribution in [3.05, 3.63) is 18.5 Å². The van der Waals surface area contributed by atoms with Gasteiger partial charge in [-0.1, -0.05) is 0 Å². The van der Waals surface area contributed by atoms with E-state index >= 15 is 0 Å². The maximum absolute atomic E-state index is 12.1. The number of ether oxygens (including phenoxy) is 3. The van der Waals surface area contributed by atoms with Crippen molar-refractivity contribution in [3.8, 4) is 6.01 Å². The fourth-order valence-electron chi connectivity index (χ4n) is 2.50. The highest BCUT2D eigenvalue weighted by molar-refractivity contribution is 5.68. The SMILES string of the molecule is O=C(OC1CCOCC1)N1CC[C@H](Oc2ncccn2)C1. The van der Waals surface area contributed by atoms with Gasteiger partial charge in [0.05, 0.1) is 19.8 Å². The Morgan fingerprint density at radius 2 is 1.95 bits per heavy atom. The van der Waals surface area contributed by atoms with Crippen molar-refractivity contribution >= 4 is 6.09 Å². The fourth-order valence-corrected chi connectivity index (χ4v) is 2.50. The fraction of sp³-hybridized carbons (Fsp3) is 0.643. The number of aromatic nitrogens is 2. The summed E-state index contributed by atoms with van der Waals surface area (Å²) in [5.41, 5.74) is 0. The number of carbonyl (C=O) groups is 1. The number of carbonyl (C=O) groups excluding carboxylic acids is 1. The summed E-state index contributed by atoms with van der Waals surface area (Å²) in [6, 6.07) is 2.08. The van der Waals surface area contributed by atoms with E-state index in [9.17, 15) is 4.79 Å². The molecular formula is C14H19N3O4. The summed E-state index contributed by atoms with van der Waals surface area (Å²) in [4.78, 5) is 21.8. The lowest BCUT2D eigenvalue weighted by Gasteiger charge is -2.25. The Balaban J connectivity index is 1.46. The molecule has 114 valence electrons. The summed E-state index contributed by atoms with van der Waals surface area (Å²) in [7, 11) is 0. The van der Waals surface area contributed by atoms with Gasteiger partial charge in [-0.25, -0.2) is 14.8 Å². The first-order chi connectivity index (χ1) is 10.3. The van der Waals surface area contributed by atoms with Crippen LogP contribution in [0.3, 0.4) is 0 Å². The summed E-state index contributed by atoms with van der Waals surface area (Å²) in [6.45, 7) is 2.48. The zero-order valence-corrected chi connectivity index (χ0v) is 11.8. The number of hydrogen-bond acceptors (Lipinski definition) is 6. The Kier molecular flexibility index (Phi) is 4.49. The Labute approximate surface area is 123 Å². The topological polar surface area (TPSA) is 73.8 Å². The summed E-state index contributed by atoms with van der Waals surface area (Å²) >= 11 is 0. The predicted molar refractivity (Wildman–Crippen MR) is 73.0 cm³/mol. The minimum absolute atomic E-state index is 0.0244. The molecule has 7 heteroatoms. The molecule has 0 spiro atoms. The molecule has 0 bridgehead atoms. The molecule has 0 aliphatic carbocycles. The van der Waals surface area contributed by atoms with Crippen LogP contribution in [0.2, 0.25) is 0 Å². The molecule has 2 aliphatic heterocycles. The number of hydrogen-bond donors (Lipinski definition) is 0. The molecule has 2 saturated heterocycles. The molecule has 2 fully saturated rings. The van der Waals surface area contributed by atoms with Crippen LogP contribution >= 0.6 is 0 Å². The van der Waals surface area contributed by atoms with Crippen LogP contribution in [0.25, 0.3) is 0 Å². The standard InChI is InChI=1S/C14H19N3O4/c18-14(21-11-3-8-19-9-4-11)17-7-2-12(10-17)20-13-15-5-1-6-16-13/h1,5-6,11-12H,2-4,7-10H2/t12-/m0/s1. The molecule has 1 amide bonds. The van der Waals surface area contributed by atoms with Crippen molar-refractivity contribution in [1.29, 1.82) is 0 Å². The third-order valence-electron chi connectivity index (χ3n) is 3.65. The average Bonchev–Trinajstić information content (AvgIpc) is 2.98. The maximum Gasteiger partial charge on any atom is 0.410 e. The Morgan fingerprint density at radius 3 is 2.71 bits per heavy atom. The van der Waals surface area contributed by atoms with Crippen LogP contribution in [-0.4, -0.2) is 59.5 Å². The molecule has 0 aromatic carbocycles. The highest BCUT2D eigenvalue weighted by atomic mass is 16.6. The van der Waals surface area contributed by atoms with Gasteiger partial charge < -0.3 is 19.1 Å². The summed E-state index contributed by atoms with van der Waals surface area (Å²) < 4.78 is 16.4. The van der Waals surface area contributed by atoms with Gasteiger partial charge in [-0.3, -0.25) is 0 Å². The van der Waals surface area contributed by atoms with Crippen molar-refractivity contribution in [3.63, 3.8) is 0 Å². The summed E-state index contributed by atoms with van der Waals surface area (Å²) in [5.74, 6) is 0. The lowest BCUT2D eigenvalue weighted by molar-refractivity contribution is -0.00901. The van der Waals surface area contributed by atoms with Crippen LogP contribution in [0.5, 0.6) is 6.01 Å². The second kappa shape index (κ2) is 6.71. The smallest absolute Gasteiger partial charge is 0.410 e. The largest absolute Gasteiger partial charge is 0.458 e. The van der Waals surface area contributed by atoms with Crippen LogP contribution in [-0.2, 0) is 9.47 Å². The normalized spacial score (nSPS) is 23.0. The van der Waals surface area contributed by atoms with Crippen LogP contribution in [0.15, 0.2) is 18.5 Å². The lowest BCUT2D eigenvalue weighted by atomic mass is 10.2. The molecule has 3 rings (SSSR count). The van der Waals surface area contributed by atoms with E-state index in [-0.39, 0.29) is 18.3 Å². The number of nitrogens with zero attached hydrogens (tertiary/aromatic N) is 3. The molecule has 1 aromatic rings. The first-order valence-corrected chi connectivity index (χ1v) is 7.28. The van der Waals surface area contributed by atoms with Gasteiger partial charge in [0.25, 0.3) is 0 Å². The Bertz CT molecular complexity index is 465. The molecule has 7 nitrogen and oxygen atoms in total. The quantitative estimate of drug-likeness (QED) is 0.835. The highest BCUT2D eigenvalue weighted by Gasteiger charge is 2.30. The Morgan fingerprint density at radius 1 is 1.19 bits per heavy atom. The zero-order valence-electron chi connectivity index (χ0n) is 11.8. The second-order valence-corrected chi connectivity index (χ2v) is 5.20. The van der Waals surface area contributed by atoms with Crippen LogP contribution < -0.4 is 4.74 Å². The van der Waals surface area contributed by atoms with Crippen molar-refractivity contribution in [2.45, 2.75) is 31.5 Å². The Hall–Kier alpha value is -1.89. The summed E-state index contributed by atoms with van der Waals surface area (Å²) in [6.07, 6.45) is 5.22. The van der Waals surface area contributed by atoms with Gasteiger partial charge >= 0.3 is 12.1 Å². The van der Waals surface area contributed by atoms with Gasteiger partial charge in [-0.2, -0.15) is 0 Å². The van der Waals surface area contributed by atoms with Gasteiger partial charge in [0.1, 0.15) is 12.2 Å². The van der Waals surface area contributed by atoms with Gasteiger partial charge in [-0.15, -0.1) is 0 Å². The molecule has 0 radical (unpaired) electrons. The third-order valence-corrected chi connectivity index (χ3v) is 3.65. The van der Waals surface area contributed by atoms with Crippen LogP contribution in [0, 0.1) is 0 Å². The zero-order chi connectivity index (χ0) is 14.5. The molecule has 0 saturated carbocycles. The van der Waals surface area contributed by atoms with Gasteiger partial charge in [0.15, 0.2) is 0 Å². The monoisotopic (exact) mass is 293 g/mol. The maximum atomic E-state index is 12.1. The van der Waals surface area contributed by atoms with Crippen LogP contribution in [0.4, 0.5) is 4.79 Å². The number of likely N-dealkylation sites (tertiary alicyclic amines) is 1. The predicted octanol–water partition coefficient (Wildman–Crippen LogP) is 1.25. The molecule has 3 heterocycles. The highest BCUT2D eigenvalue weighted by Crippen LogP contribution is 2.18. The van der Waals surface area contributed by atoms with E-state index in [1.165, 1.54) is 0 Å². The van der Waals surface area contributed by atoms with E-state index in [1.54, 1.807) is 23.4 Å². The van der Waals surface area contributed by atoms with Crippen molar-refractivity contribution < 1.29 is 19.0 Å². The van der Waals surface area contributed by atoms with E-state index in [0.29, 0.717) is 32.3 Å². The van der Waals surface area contributed by atoms with E-state index in [1.807, 2.05) is 0 Å². The minimum Gasteiger partial charge on any atom is -0.458 e. The van der Waals surface area contributed by atoms with Gasteiger partial charge in [-0.05, 0) is 6.07 Å². The molecule has 1 aromatic heterocycles. The van der Waals surface area contributed by atoms with Gasteiger partial charge in [0.2, 0.25) is 0 Å². The molecule has 1 atom stereocenters. The first-order valence-electron chi connectivity index (χ1n) is 7.28. The summed E-state index contributed by atoms with van der Waals surface area (Å²) in [5, 5.41) is 0. The van der Waals surface area contributed by atoms with Gasteiger partial charge in [0, 0.05) is 38.2 Å². The average molecular weight is 293 g/mol. The van der Waals surface area contributed by atoms with E-state index < -0.39 is 0 Å². The van der Waals surface area contributed by atoms with E-state index in [4.69, 9.17) is 14.2 Å². The number of rotatable bonds is 3. The van der Waals surface area contributed by atoms with Crippen molar-refractivity contribution in [1.82, 2.24) is 14.9 Å². The van der Waals surface area contributed by atoms with E-state index in [0.717, 1.165) is 19.3 Å². The number of amides is 1. The molecule has 0 N–H and O–H groups in total. The van der Waals surface area contributed by atoms with E-state index in [2.05, 4.69) is 9.97 Å². The van der Waals surface area contributed by atoms with Crippen LogP contribution in [0.1, 0.15) is 19.3 Å². The molecule has 2 aliphatic rings. The third kappa shape index (κ3) is 3.81. The minimum atomic E-state index is -0.262. The molecule has 21 heavy (non-hydrogen) atoms. The van der Waals surface area contributed by atoms with Crippen molar-refractivity contribution in [2.24, 2.45) is 0 Å². The first kappa shape index (κ1) is 14.1. The second-order valence-electron chi connectivity index (χ2n) is 5.20. The van der Waals surface area contributed by atoms with Crippen molar-refractivity contribution in [2.75, 3.05) is 26.3 Å². The molecule has 0 unspecified atom stereocenters. The molecular weight excluding hydrogens is 274 g/mol. The lowest BCUT2D eigenvalue weighted by Crippen LogP contribution is -2.36.